The molecule has 0 radical (unpaired) electrons. The zero-order valence-electron chi connectivity index (χ0n) is 10.6. The molecule has 0 atom stereocenters. The number of nitro groups is 1. The van der Waals surface area contributed by atoms with Gasteiger partial charge in [0.15, 0.2) is 0 Å². The summed E-state index contributed by atoms with van der Waals surface area (Å²) < 4.78 is 0. The van der Waals surface area contributed by atoms with Crippen LogP contribution in [-0.2, 0) is 6.54 Å². The molecular formula is C12H12ClN5O2. The van der Waals surface area contributed by atoms with E-state index in [-0.39, 0.29) is 11.5 Å². The monoisotopic (exact) mass is 293 g/mol. The molecular weight excluding hydrogens is 282 g/mol. The topological polar surface area (TPSA) is 93.0 Å². The highest BCUT2D eigenvalue weighted by Crippen LogP contribution is 2.23. The van der Waals surface area contributed by atoms with Crippen LogP contribution in [0.3, 0.4) is 0 Å². The Kier molecular flexibility index (Phi) is 4.31. The summed E-state index contributed by atoms with van der Waals surface area (Å²) in [5.74, 6) is 0.450. The standard InChI is InChI=1S/C12H12ClN5O2/c1-14-12-16-7-10(18(19)20)11(17-12)15-6-8-4-2-3-5-9(8)13/h2-5,7H,6H2,1H3,(H2,14,15,16,17). The quantitative estimate of drug-likeness (QED) is 0.650. The first kappa shape index (κ1) is 14.0. The van der Waals surface area contributed by atoms with Crippen LogP contribution < -0.4 is 10.6 Å². The van der Waals surface area contributed by atoms with Crippen molar-refractivity contribution in [3.05, 3.63) is 51.2 Å². The van der Waals surface area contributed by atoms with E-state index in [0.29, 0.717) is 17.5 Å². The number of rotatable bonds is 5. The second kappa shape index (κ2) is 6.16. The Labute approximate surface area is 120 Å². The number of aromatic nitrogens is 2. The number of halogens is 1. The van der Waals surface area contributed by atoms with Crippen molar-refractivity contribution in [1.29, 1.82) is 0 Å². The van der Waals surface area contributed by atoms with Gasteiger partial charge in [0, 0.05) is 18.6 Å². The minimum atomic E-state index is -0.533. The molecule has 1 aromatic heterocycles. The maximum atomic E-state index is 10.9. The van der Waals surface area contributed by atoms with E-state index in [1.165, 1.54) is 0 Å². The number of nitrogens with zero attached hydrogens (tertiary/aromatic N) is 3. The summed E-state index contributed by atoms with van der Waals surface area (Å²) in [6.45, 7) is 0.334. The van der Waals surface area contributed by atoms with Crippen LogP contribution in [0.1, 0.15) is 5.56 Å². The average Bonchev–Trinajstić information content (AvgIpc) is 2.46. The molecule has 0 bridgehead atoms. The Bertz CT molecular complexity index is 635. The molecule has 0 saturated carbocycles. The zero-order chi connectivity index (χ0) is 14.5. The summed E-state index contributed by atoms with van der Waals surface area (Å²) in [4.78, 5) is 18.3. The summed E-state index contributed by atoms with van der Waals surface area (Å²) in [6, 6.07) is 7.25. The van der Waals surface area contributed by atoms with Crippen LogP contribution in [0.4, 0.5) is 17.5 Å². The van der Waals surface area contributed by atoms with E-state index in [1.54, 1.807) is 13.1 Å². The molecule has 8 heteroatoms. The molecule has 7 nitrogen and oxygen atoms in total. The molecule has 0 fully saturated rings. The van der Waals surface area contributed by atoms with E-state index in [4.69, 9.17) is 11.6 Å². The fourth-order valence-electron chi connectivity index (χ4n) is 1.58. The average molecular weight is 294 g/mol. The van der Waals surface area contributed by atoms with Crippen LogP contribution in [-0.4, -0.2) is 21.9 Å². The lowest BCUT2D eigenvalue weighted by molar-refractivity contribution is -0.384. The van der Waals surface area contributed by atoms with Gasteiger partial charge in [-0.05, 0) is 11.6 Å². The van der Waals surface area contributed by atoms with Gasteiger partial charge in [0.1, 0.15) is 6.20 Å². The first-order valence-corrected chi connectivity index (χ1v) is 6.16. The van der Waals surface area contributed by atoms with Gasteiger partial charge < -0.3 is 10.6 Å². The third-order valence-electron chi connectivity index (χ3n) is 2.59. The zero-order valence-corrected chi connectivity index (χ0v) is 11.4. The first-order chi connectivity index (χ1) is 9.61. The third-order valence-corrected chi connectivity index (χ3v) is 2.96. The van der Waals surface area contributed by atoms with Gasteiger partial charge in [-0.15, -0.1) is 0 Å². The minimum absolute atomic E-state index is 0.147. The predicted octanol–water partition coefficient (Wildman–Crippen LogP) is 2.69. The van der Waals surface area contributed by atoms with Crippen molar-refractivity contribution >= 4 is 29.1 Å². The van der Waals surface area contributed by atoms with Crippen molar-refractivity contribution in [3.8, 4) is 0 Å². The minimum Gasteiger partial charge on any atom is -0.360 e. The molecule has 2 N–H and O–H groups in total. The number of anilines is 2. The van der Waals surface area contributed by atoms with E-state index in [0.717, 1.165) is 11.8 Å². The van der Waals surface area contributed by atoms with Crippen LogP contribution in [0, 0.1) is 10.1 Å². The van der Waals surface area contributed by atoms with Crippen molar-refractivity contribution in [2.24, 2.45) is 0 Å². The molecule has 0 aliphatic heterocycles. The third kappa shape index (κ3) is 3.12. The van der Waals surface area contributed by atoms with E-state index < -0.39 is 4.92 Å². The van der Waals surface area contributed by atoms with Gasteiger partial charge >= 0.3 is 5.69 Å². The van der Waals surface area contributed by atoms with Gasteiger partial charge in [-0.3, -0.25) is 10.1 Å². The smallest absolute Gasteiger partial charge is 0.329 e. The second-order valence-corrected chi connectivity index (χ2v) is 4.29. The molecule has 1 heterocycles. The van der Waals surface area contributed by atoms with Crippen molar-refractivity contribution in [1.82, 2.24) is 9.97 Å². The molecule has 0 spiro atoms. The second-order valence-electron chi connectivity index (χ2n) is 3.88. The van der Waals surface area contributed by atoms with E-state index in [9.17, 15) is 10.1 Å². The molecule has 0 aliphatic carbocycles. The van der Waals surface area contributed by atoms with Crippen LogP contribution in [0.2, 0.25) is 5.02 Å². The molecule has 0 aliphatic rings. The van der Waals surface area contributed by atoms with E-state index >= 15 is 0 Å². The summed E-state index contributed by atoms with van der Waals surface area (Å²) in [5, 5.41) is 17.2. The molecule has 0 unspecified atom stereocenters. The molecule has 1 aromatic carbocycles. The van der Waals surface area contributed by atoms with E-state index in [1.807, 2.05) is 18.2 Å². The summed E-state index contributed by atoms with van der Waals surface area (Å²) in [6.07, 6.45) is 1.16. The van der Waals surface area contributed by atoms with E-state index in [2.05, 4.69) is 20.6 Å². The van der Waals surface area contributed by atoms with Crippen molar-refractivity contribution in [2.45, 2.75) is 6.54 Å². The van der Waals surface area contributed by atoms with Crippen molar-refractivity contribution in [2.75, 3.05) is 17.7 Å². The molecule has 0 saturated heterocycles. The fourth-order valence-corrected chi connectivity index (χ4v) is 1.78. The lowest BCUT2D eigenvalue weighted by Crippen LogP contribution is -2.07. The number of hydrogen-bond donors (Lipinski definition) is 2. The highest BCUT2D eigenvalue weighted by Gasteiger charge is 2.17. The Hall–Kier alpha value is -2.41. The molecule has 2 rings (SSSR count). The largest absolute Gasteiger partial charge is 0.360 e. The summed E-state index contributed by atoms with van der Waals surface area (Å²) in [5.41, 5.74) is 0.643. The van der Waals surface area contributed by atoms with Gasteiger partial charge in [0.25, 0.3) is 0 Å². The highest BCUT2D eigenvalue weighted by molar-refractivity contribution is 6.31. The maximum Gasteiger partial charge on any atom is 0.329 e. The van der Waals surface area contributed by atoms with Crippen LogP contribution in [0.5, 0.6) is 0 Å². The fraction of sp³-hybridized carbons (Fsp3) is 0.167. The predicted molar refractivity (Wildman–Crippen MR) is 77.0 cm³/mol. The first-order valence-electron chi connectivity index (χ1n) is 5.78. The lowest BCUT2D eigenvalue weighted by atomic mass is 10.2. The van der Waals surface area contributed by atoms with Gasteiger partial charge in [0.05, 0.1) is 4.92 Å². The molecule has 0 amide bonds. The SMILES string of the molecule is CNc1ncc([N+](=O)[O-])c(NCc2ccccc2Cl)n1. The van der Waals surface area contributed by atoms with Crippen molar-refractivity contribution < 1.29 is 4.92 Å². The number of nitrogens with one attached hydrogen (secondary N) is 2. The number of hydrogen-bond acceptors (Lipinski definition) is 6. The number of benzene rings is 1. The van der Waals surface area contributed by atoms with Crippen LogP contribution >= 0.6 is 11.6 Å². The van der Waals surface area contributed by atoms with Gasteiger partial charge in [-0.25, -0.2) is 4.98 Å². The summed E-state index contributed by atoms with van der Waals surface area (Å²) in [7, 11) is 1.64. The van der Waals surface area contributed by atoms with Gasteiger partial charge in [-0.1, -0.05) is 29.8 Å². The Morgan fingerprint density at radius 2 is 2.15 bits per heavy atom. The molecule has 20 heavy (non-hydrogen) atoms. The lowest BCUT2D eigenvalue weighted by Gasteiger charge is -2.08. The Morgan fingerprint density at radius 3 is 2.80 bits per heavy atom. The van der Waals surface area contributed by atoms with Crippen LogP contribution in [0.25, 0.3) is 0 Å². The Morgan fingerprint density at radius 1 is 1.40 bits per heavy atom. The van der Waals surface area contributed by atoms with Gasteiger partial charge in [0.2, 0.25) is 11.8 Å². The van der Waals surface area contributed by atoms with Crippen LogP contribution in [0.15, 0.2) is 30.5 Å². The molecule has 2 aromatic rings. The Balaban J connectivity index is 2.24. The van der Waals surface area contributed by atoms with Crippen molar-refractivity contribution in [3.63, 3.8) is 0 Å². The normalized spacial score (nSPS) is 10.1. The van der Waals surface area contributed by atoms with Gasteiger partial charge in [-0.2, -0.15) is 4.98 Å². The summed E-state index contributed by atoms with van der Waals surface area (Å²) >= 11 is 6.03. The highest BCUT2D eigenvalue weighted by atomic mass is 35.5. The maximum absolute atomic E-state index is 10.9. The molecule has 104 valence electrons.